The summed E-state index contributed by atoms with van der Waals surface area (Å²) in [4.78, 5) is 17.9. The average Bonchev–Trinajstić information content (AvgIpc) is 3.01. The van der Waals surface area contributed by atoms with Gasteiger partial charge in [-0.1, -0.05) is 11.6 Å². The summed E-state index contributed by atoms with van der Waals surface area (Å²) in [5.41, 5.74) is 0. The predicted octanol–water partition coefficient (Wildman–Crippen LogP) is 3.87. The van der Waals surface area contributed by atoms with Crippen LogP contribution in [0.2, 0.25) is 5.02 Å². The maximum absolute atomic E-state index is 12.2. The Kier molecular flexibility index (Phi) is 8.89. The number of amides is 1. The van der Waals surface area contributed by atoms with Crippen LogP contribution in [-0.2, 0) is 11.8 Å². The fourth-order valence-corrected chi connectivity index (χ4v) is 3.89. The monoisotopic (exact) mass is 429 g/mol. The number of nitrogens with zero attached hydrogens (tertiary/aromatic N) is 3. The van der Waals surface area contributed by atoms with Crippen molar-refractivity contribution in [1.29, 1.82) is 0 Å². The summed E-state index contributed by atoms with van der Waals surface area (Å²) in [6.07, 6.45) is 3.35. The molecule has 2 heterocycles. The molecule has 0 bridgehead atoms. The fourth-order valence-electron chi connectivity index (χ4n) is 2.91. The molecule has 0 radical (unpaired) electrons. The Morgan fingerprint density at radius 2 is 2.04 bits per heavy atom. The van der Waals surface area contributed by atoms with Crippen LogP contribution in [0.3, 0.4) is 0 Å². The average molecular weight is 430 g/mol. The van der Waals surface area contributed by atoms with Gasteiger partial charge in [-0.15, -0.1) is 24.2 Å². The van der Waals surface area contributed by atoms with Crippen molar-refractivity contribution in [1.82, 2.24) is 20.1 Å². The maximum atomic E-state index is 12.2. The third-order valence-corrected chi connectivity index (χ3v) is 5.72. The van der Waals surface area contributed by atoms with E-state index < -0.39 is 0 Å². The van der Waals surface area contributed by atoms with E-state index in [1.165, 1.54) is 0 Å². The van der Waals surface area contributed by atoms with Gasteiger partial charge >= 0.3 is 0 Å². The molecular formula is C18H25Cl2N5OS. The van der Waals surface area contributed by atoms with Gasteiger partial charge in [0.15, 0.2) is 5.82 Å². The van der Waals surface area contributed by atoms with E-state index in [1.807, 2.05) is 31.3 Å². The summed E-state index contributed by atoms with van der Waals surface area (Å²) in [7, 11) is 1.82. The molecule has 2 N–H and O–H groups in total. The molecule has 27 heavy (non-hydrogen) atoms. The number of hydrogen-bond donors (Lipinski definition) is 2. The number of aryl methyl sites for hydroxylation is 1. The molecule has 0 aliphatic carbocycles. The van der Waals surface area contributed by atoms with Crippen molar-refractivity contribution in [2.24, 2.45) is 7.05 Å². The van der Waals surface area contributed by atoms with Crippen molar-refractivity contribution in [3.63, 3.8) is 0 Å². The Bertz CT molecular complexity index is 732. The topological polar surface area (TPSA) is 71.8 Å². The molecule has 0 saturated carbocycles. The molecule has 0 unspecified atom stereocenters. The molecule has 1 aromatic carbocycles. The lowest BCUT2D eigenvalue weighted by Gasteiger charge is -2.19. The van der Waals surface area contributed by atoms with Gasteiger partial charge in [0.1, 0.15) is 0 Å². The lowest BCUT2D eigenvalue weighted by molar-refractivity contribution is -0.116. The molecule has 1 saturated heterocycles. The van der Waals surface area contributed by atoms with Crippen LogP contribution in [-0.4, -0.2) is 39.5 Å². The summed E-state index contributed by atoms with van der Waals surface area (Å²) < 4.78 is 1.66. The Morgan fingerprint density at radius 3 is 2.74 bits per heavy atom. The zero-order valence-electron chi connectivity index (χ0n) is 15.3. The fraction of sp³-hybridized carbons (Fsp3) is 0.500. The zero-order chi connectivity index (χ0) is 18.4. The number of rotatable bonds is 7. The quantitative estimate of drug-likeness (QED) is 0.516. The van der Waals surface area contributed by atoms with Crippen LogP contribution >= 0.6 is 35.8 Å². The highest BCUT2D eigenvalue weighted by atomic mass is 35.5. The lowest BCUT2D eigenvalue weighted by atomic mass is 9.98. The van der Waals surface area contributed by atoms with E-state index in [4.69, 9.17) is 11.6 Å². The standard InChI is InChI=1S/C18H24ClN5OS.ClH/c1-24-18(22-17(23-24)13-8-10-20-11-9-13)21-16(25)3-2-12-26-15-6-4-14(19)5-7-15;/h4-7,13,20H,2-3,8-12H2,1H3,(H,21,22,23,25);1H. The number of benzene rings is 1. The van der Waals surface area contributed by atoms with Crippen LogP contribution < -0.4 is 10.6 Å². The highest BCUT2D eigenvalue weighted by molar-refractivity contribution is 7.99. The molecule has 1 amide bonds. The summed E-state index contributed by atoms with van der Waals surface area (Å²) in [6, 6.07) is 7.75. The minimum Gasteiger partial charge on any atom is -0.317 e. The second-order valence-corrected chi connectivity index (χ2v) is 8.00. The van der Waals surface area contributed by atoms with E-state index in [0.29, 0.717) is 18.3 Å². The molecule has 1 aliphatic rings. The first kappa shape index (κ1) is 22.0. The summed E-state index contributed by atoms with van der Waals surface area (Å²) >= 11 is 7.60. The van der Waals surface area contributed by atoms with E-state index in [-0.39, 0.29) is 18.3 Å². The van der Waals surface area contributed by atoms with E-state index in [2.05, 4.69) is 20.7 Å². The van der Waals surface area contributed by atoms with Gasteiger partial charge in [-0.25, -0.2) is 4.68 Å². The number of halogens is 2. The van der Waals surface area contributed by atoms with Crippen molar-refractivity contribution >= 4 is 47.6 Å². The highest BCUT2D eigenvalue weighted by Crippen LogP contribution is 2.24. The second kappa shape index (κ2) is 10.9. The first-order valence-corrected chi connectivity index (χ1v) is 10.3. The van der Waals surface area contributed by atoms with Gasteiger partial charge in [-0.05, 0) is 62.4 Å². The van der Waals surface area contributed by atoms with Gasteiger partial charge in [-0.2, -0.15) is 10.1 Å². The Balaban J connectivity index is 0.00000261. The van der Waals surface area contributed by atoms with Crippen molar-refractivity contribution in [2.45, 2.75) is 36.5 Å². The first-order valence-electron chi connectivity index (χ1n) is 8.91. The van der Waals surface area contributed by atoms with Gasteiger partial charge < -0.3 is 5.32 Å². The highest BCUT2D eigenvalue weighted by Gasteiger charge is 2.21. The maximum Gasteiger partial charge on any atom is 0.227 e. The van der Waals surface area contributed by atoms with Crippen LogP contribution in [0.15, 0.2) is 29.2 Å². The summed E-state index contributed by atoms with van der Waals surface area (Å²) in [5.74, 6) is 2.61. The number of nitrogens with one attached hydrogen (secondary N) is 2. The molecule has 1 aromatic heterocycles. The van der Waals surface area contributed by atoms with Crippen LogP contribution in [0, 0.1) is 0 Å². The van der Waals surface area contributed by atoms with Crippen molar-refractivity contribution in [3.05, 3.63) is 35.1 Å². The predicted molar refractivity (Wildman–Crippen MR) is 113 cm³/mol. The number of carbonyl (C=O) groups is 1. The minimum atomic E-state index is -0.0194. The van der Waals surface area contributed by atoms with Gasteiger partial charge in [0.2, 0.25) is 11.9 Å². The van der Waals surface area contributed by atoms with Gasteiger partial charge in [0.25, 0.3) is 0 Å². The third kappa shape index (κ3) is 6.68. The number of carbonyl (C=O) groups excluding carboxylic acids is 1. The van der Waals surface area contributed by atoms with Crippen molar-refractivity contribution in [2.75, 3.05) is 24.2 Å². The minimum absolute atomic E-state index is 0. The normalized spacial score (nSPS) is 14.6. The molecule has 6 nitrogen and oxygen atoms in total. The SMILES string of the molecule is Cl.Cn1nc(C2CCNCC2)nc1NC(=O)CCCSc1ccc(Cl)cc1. The molecule has 0 atom stereocenters. The van der Waals surface area contributed by atoms with Gasteiger partial charge in [-0.3, -0.25) is 10.1 Å². The molecular weight excluding hydrogens is 405 g/mol. The molecule has 2 aromatic rings. The molecule has 1 aliphatic heterocycles. The molecule has 3 rings (SSSR count). The second-order valence-electron chi connectivity index (χ2n) is 6.40. The molecule has 1 fully saturated rings. The van der Waals surface area contributed by atoms with E-state index in [9.17, 15) is 4.79 Å². The van der Waals surface area contributed by atoms with E-state index >= 15 is 0 Å². The number of aromatic nitrogens is 3. The molecule has 148 valence electrons. The third-order valence-electron chi connectivity index (χ3n) is 4.37. The van der Waals surface area contributed by atoms with Crippen LogP contribution in [0.25, 0.3) is 0 Å². The Labute approximate surface area is 175 Å². The smallest absolute Gasteiger partial charge is 0.227 e. The van der Waals surface area contributed by atoms with Crippen LogP contribution in [0.4, 0.5) is 5.95 Å². The van der Waals surface area contributed by atoms with Crippen LogP contribution in [0.5, 0.6) is 0 Å². The Hall–Kier alpha value is -1.28. The number of hydrogen-bond acceptors (Lipinski definition) is 5. The van der Waals surface area contributed by atoms with E-state index in [1.54, 1.807) is 16.4 Å². The summed E-state index contributed by atoms with van der Waals surface area (Å²) in [6.45, 7) is 1.99. The molecule has 9 heteroatoms. The lowest BCUT2D eigenvalue weighted by Crippen LogP contribution is -2.27. The Morgan fingerprint density at radius 1 is 1.33 bits per heavy atom. The largest absolute Gasteiger partial charge is 0.317 e. The van der Waals surface area contributed by atoms with Gasteiger partial charge in [0.05, 0.1) is 0 Å². The van der Waals surface area contributed by atoms with Crippen molar-refractivity contribution in [3.8, 4) is 0 Å². The first-order chi connectivity index (χ1) is 12.6. The summed E-state index contributed by atoms with van der Waals surface area (Å²) in [5, 5.41) is 11.4. The number of anilines is 1. The zero-order valence-corrected chi connectivity index (χ0v) is 17.7. The number of thioether (sulfide) groups is 1. The van der Waals surface area contributed by atoms with Gasteiger partial charge in [0, 0.05) is 29.3 Å². The van der Waals surface area contributed by atoms with E-state index in [0.717, 1.165) is 53.8 Å². The molecule has 0 spiro atoms. The number of piperidine rings is 1. The van der Waals surface area contributed by atoms with Crippen molar-refractivity contribution < 1.29 is 4.79 Å². The van der Waals surface area contributed by atoms with Crippen LogP contribution in [0.1, 0.15) is 37.4 Å².